The van der Waals surface area contributed by atoms with Crippen LogP contribution in [-0.2, 0) is 0 Å². The lowest BCUT2D eigenvalue weighted by Crippen LogP contribution is -1.91. The van der Waals surface area contributed by atoms with E-state index in [9.17, 15) is 10.1 Å². The molecule has 1 aromatic carbocycles. The number of hydrogen-bond acceptors (Lipinski definition) is 3. The molecular weight excluding hydrogens is 270 g/mol. The second-order valence-electron chi connectivity index (χ2n) is 3.75. The maximum absolute atomic E-state index is 10.5. The van der Waals surface area contributed by atoms with Gasteiger partial charge in [0.2, 0.25) is 5.70 Å². The molecule has 0 aliphatic rings. The first-order valence-electron chi connectivity index (χ1n) is 5.25. The van der Waals surface area contributed by atoms with E-state index in [-0.39, 0.29) is 10.6 Å². The second kappa shape index (κ2) is 5.33. The molecule has 0 amide bonds. The van der Waals surface area contributed by atoms with Gasteiger partial charge in [-0.1, -0.05) is 23.7 Å². The first-order valence-corrected chi connectivity index (χ1v) is 6.44. The first-order chi connectivity index (χ1) is 8.56. The highest BCUT2D eigenvalue weighted by Crippen LogP contribution is 2.30. The molecule has 0 aliphatic carbocycles. The highest BCUT2D eigenvalue weighted by atomic mass is 35.5. The minimum Gasteiger partial charge on any atom is -0.259 e. The molecule has 2 rings (SSSR count). The summed E-state index contributed by atoms with van der Waals surface area (Å²) in [5, 5.41) is 11.2. The van der Waals surface area contributed by atoms with E-state index < -0.39 is 0 Å². The molecule has 1 heterocycles. The number of nitro groups is 1. The van der Waals surface area contributed by atoms with Gasteiger partial charge in [0.15, 0.2) is 0 Å². The lowest BCUT2D eigenvalue weighted by Gasteiger charge is -1.96. The Labute approximate surface area is 113 Å². The van der Waals surface area contributed by atoms with Crippen LogP contribution in [-0.4, -0.2) is 4.92 Å². The molecule has 0 spiro atoms. The third-order valence-electron chi connectivity index (χ3n) is 2.39. The molecule has 3 nitrogen and oxygen atoms in total. The number of thiophene rings is 1. The van der Waals surface area contributed by atoms with Gasteiger partial charge in [0, 0.05) is 27.8 Å². The Bertz CT molecular complexity index is 602. The van der Waals surface area contributed by atoms with Crippen LogP contribution in [0.15, 0.2) is 42.1 Å². The van der Waals surface area contributed by atoms with Gasteiger partial charge in [-0.3, -0.25) is 10.1 Å². The number of halogens is 1. The third kappa shape index (κ3) is 2.97. The number of allylic oxidation sites excluding steroid dienone is 1. The van der Waals surface area contributed by atoms with Gasteiger partial charge < -0.3 is 0 Å². The van der Waals surface area contributed by atoms with Crippen molar-refractivity contribution in [3.8, 4) is 10.4 Å². The van der Waals surface area contributed by atoms with Gasteiger partial charge in [0.25, 0.3) is 0 Å². The molecule has 0 saturated carbocycles. The number of benzene rings is 1. The van der Waals surface area contributed by atoms with Crippen LogP contribution < -0.4 is 0 Å². The van der Waals surface area contributed by atoms with Gasteiger partial charge >= 0.3 is 0 Å². The lowest BCUT2D eigenvalue weighted by molar-refractivity contribution is -0.422. The molecule has 18 heavy (non-hydrogen) atoms. The molecule has 0 unspecified atom stereocenters. The van der Waals surface area contributed by atoms with Gasteiger partial charge in [0.05, 0.1) is 4.92 Å². The van der Waals surface area contributed by atoms with E-state index in [1.807, 2.05) is 36.4 Å². The molecule has 0 bridgehead atoms. The fraction of sp³-hybridized carbons (Fsp3) is 0.0769. The Morgan fingerprint density at radius 3 is 2.56 bits per heavy atom. The average Bonchev–Trinajstić information content (AvgIpc) is 2.78. The van der Waals surface area contributed by atoms with Crippen LogP contribution in [0.2, 0.25) is 5.02 Å². The fourth-order valence-corrected chi connectivity index (χ4v) is 2.59. The van der Waals surface area contributed by atoms with Crippen molar-refractivity contribution in [1.29, 1.82) is 0 Å². The zero-order valence-corrected chi connectivity index (χ0v) is 11.2. The maximum atomic E-state index is 10.5. The highest BCUT2D eigenvalue weighted by molar-refractivity contribution is 7.16. The van der Waals surface area contributed by atoms with Crippen molar-refractivity contribution >= 4 is 29.0 Å². The largest absolute Gasteiger partial charge is 0.259 e. The van der Waals surface area contributed by atoms with Crippen molar-refractivity contribution in [2.24, 2.45) is 0 Å². The summed E-state index contributed by atoms with van der Waals surface area (Å²) in [6.45, 7) is 1.49. The Kier molecular flexibility index (Phi) is 3.79. The van der Waals surface area contributed by atoms with Crippen LogP contribution in [0.4, 0.5) is 0 Å². The molecule has 5 heteroatoms. The van der Waals surface area contributed by atoms with Gasteiger partial charge in [-0.2, -0.15) is 0 Å². The molecule has 0 aliphatic heterocycles. The van der Waals surface area contributed by atoms with E-state index in [2.05, 4.69) is 0 Å². The molecule has 0 saturated heterocycles. The van der Waals surface area contributed by atoms with Gasteiger partial charge in [-0.05, 0) is 29.8 Å². The van der Waals surface area contributed by atoms with E-state index in [4.69, 9.17) is 11.6 Å². The highest BCUT2D eigenvalue weighted by Gasteiger charge is 2.05. The first kappa shape index (κ1) is 12.8. The SMILES string of the molecule is C/C(=C\c1ccc(-c2ccc(Cl)cc2)s1)[N+](=O)[O-]. The zero-order chi connectivity index (χ0) is 13.1. The summed E-state index contributed by atoms with van der Waals surface area (Å²) in [5.74, 6) is 0. The average molecular weight is 280 g/mol. The number of rotatable bonds is 3. The zero-order valence-electron chi connectivity index (χ0n) is 9.59. The van der Waals surface area contributed by atoms with Gasteiger partial charge in [0.1, 0.15) is 0 Å². The monoisotopic (exact) mass is 279 g/mol. The standard InChI is InChI=1S/C13H10ClNO2S/c1-9(15(16)17)8-12-6-7-13(18-12)10-2-4-11(14)5-3-10/h2-8H,1H3/b9-8+. The minimum absolute atomic E-state index is 0.138. The topological polar surface area (TPSA) is 43.1 Å². The predicted octanol–water partition coefficient (Wildman–Crippen LogP) is 4.71. The van der Waals surface area contributed by atoms with Crippen molar-refractivity contribution in [3.05, 3.63) is 62.1 Å². The summed E-state index contributed by atoms with van der Waals surface area (Å²) < 4.78 is 0. The Balaban J connectivity index is 2.28. The summed E-state index contributed by atoms with van der Waals surface area (Å²) in [6, 6.07) is 11.3. The minimum atomic E-state index is -0.387. The summed E-state index contributed by atoms with van der Waals surface area (Å²) in [6.07, 6.45) is 1.57. The van der Waals surface area contributed by atoms with E-state index >= 15 is 0 Å². The van der Waals surface area contributed by atoms with Gasteiger partial charge in [-0.25, -0.2) is 0 Å². The summed E-state index contributed by atoms with van der Waals surface area (Å²) in [5.41, 5.74) is 1.20. The van der Waals surface area contributed by atoms with Crippen molar-refractivity contribution in [2.75, 3.05) is 0 Å². The van der Waals surface area contributed by atoms with Crippen LogP contribution in [0.5, 0.6) is 0 Å². The van der Waals surface area contributed by atoms with Crippen molar-refractivity contribution in [1.82, 2.24) is 0 Å². The smallest absolute Gasteiger partial charge is 0.244 e. The molecule has 1 aromatic heterocycles. The fourth-order valence-electron chi connectivity index (χ4n) is 1.46. The molecular formula is C13H10ClNO2S. The predicted molar refractivity (Wildman–Crippen MR) is 75.4 cm³/mol. The summed E-state index contributed by atoms with van der Waals surface area (Å²) in [7, 11) is 0. The molecule has 2 aromatic rings. The maximum Gasteiger partial charge on any atom is 0.244 e. The quantitative estimate of drug-likeness (QED) is 0.603. The van der Waals surface area contributed by atoms with E-state index in [0.29, 0.717) is 5.02 Å². The van der Waals surface area contributed by atoms with Crippen LogP contribution >= 0.6 is 22.9 Å². The van der Waals surface area contributed by atoms with Crippen LogP contribution in [0.25, 0.3) is 16.5 Å². The normalized spacial score (nSPS) is 11.6. The Morgan fingerprint density at radius 2 is 1.94 bits per heavy atom. The van der Waals surface area contributed by atoms with Crippen molar-refractivity contribution in [2.45, 2.75) is 6.92 Å². The summed E-state index contributed by atoms with van der Waals surface area (Å²) >= 11 is 7.34. The molecule has 0 fully saturated rings. The molecule has 92 valence electrons. The van der Waals surface area contributed by atoms with Crippen LogP contribution in [0.1, 0.15) is 11.8 Å². The summed E-state index contributed by atoms with van der Waals surface area (Å²) in [4.78, 5) is 12.1. The lowest BCUT2D eigenvalue weighted by atomic mass is 10.2. The van der Waals surface area contributed by atoms with E-state index in [1.165, 1.54) is 18.3 Å². The number of hydrogen-bond donors (Lipinski definition) is 0. The second-order valence-corrected chi connectivity index (χ2v) is 5.30. The Hall–Kier alpha value is -1.65. The molecule has 0 atom stereocenters. The van der Waals surface area contributed by atoms with Crippen molar-refractivity contribution in [3.63, 3.8) is 0 Å². The van der Waals surface area contributed by atoms with Crippen LogP contribution in [0.3, 0.4) is 0 Å². The Morgan fingerprint density at radius 1 is 1.28 bits per heavy atom. The third-order valence-corrected chi connectivity index (χ3v) is 3.73. The van der Waals surface area contributed by atoms with E-state index in [0.717, 1.165) is 15.3 Å². The van der Waals surface area contributed by atoms with Crippen molar-refractivity contribution < 1.29 is 4.92 Å². The molecule has 0 radical (unpaired) electrons. The van der Waals surface area contributed by atoms with E-state index in [1.54, 1.807) is 6.08 Å². The molecule has 0 N–H and O–H groups in total. The van der Waals surface area contributed by atoms with Crippen LogP contribution in [0, 0.1) is 10.1 Å². The van der Waals surface area contributed by atoms with Gasteiger partial charge in [-0.15, -0.1) is 11.3 Å². The number of nitrogens with zero attached hydrogens (tertiary/aromatic N) is 1.